The van der Waals surface area contributed by atoms with Crippen LogP contribution in [0.3, 0.4) is 0 Å². The Bertz CT molecular complexity index is 101. The van der Waals surface area contributed by atoms with Gasteiger partial charge in [-0.1, -0.05) is 6.58 Å². The van der Waals surface area contributed by atoms with E-state index in [9.17, 15) is 4.21 Å². The molecule has 0 fully saturated rings. The van der Waals surface area contributed by atoms with Crippen LogP contribution in [0.2, 0.25) is 0 Å². The van der Waals surface area contributed by atoms with Crippen molar-refractivity contribution in [1.82, 2.24) is 0 Å². The molecular weight excluding hydrogens is 100 g/mol. The maximum Gasteiger partial charge on any atom is 0.133 e. The molecule has 0 bridgehead atoms. The van der Waals surface area contributed by atoms with Gasteiger partial charge in [0, 0.05) is 0 Å². The van der Waals surface area contributed by atoms with E-state index in [4.69, 9.17) is 5.11 Å². The molecule has 0 heterocycles. The summed E-state index contributed by atoms with van der Waals surface area (Å²) in [7, 11) is 0. The van der Waals surface area contributed by atoms with Crippen molar-refractivity contribution in [2.24, 2.45) is 0 Å². The first-order valence-electron chi connectivity index (χ1n) is 1.20. The van der Waals surface area contributed by atoms with Gasteiger partial charge < -0.3 is 5.11 Å². The fourth-order valence-electron chi connectivity index (χ4n) is 0.0481. The van der Waals surface area contributed by atoms with Gasteiger partial charge in [-0.2, -0.15) is 0 Å². The van der Waals surface area contributed by atoms with Crippen LogP contribution >= 0.6 is 0 Å². The standard InChI is InChI=1S/C3H3O2S/c1-3(4)2-6-5/h4H,1H2. The Morgan fingerprint density at radius 1 is 2.00 bits per heavy atom. The third-order valence-electron chi connectivity index (χ3n) is 0.159. The summed E-state index contributed by atoms with van der Waals surface area (Å²) in [5.41, 5.74) is 0. The zero-order valence-corrected chi connectivity index (χ0v) is 3.79. The SMILES string of the molecule is C=C(O)[C]=S=O. The molecule has 0 spiro atoms. The molecule has 3 heteroatoms. The largest absolute Gasteiger partial charge is 0.507 e. The van der Waals surface area contributed by atoms with Crippen molar-refractivity contribution in [3.05, 3.63) is 12.3 Å². The maximum atomic E-state index is 9.32. The van der Waals surface area contributed by atoms with E-state index in [1.54, 1.807) is 0 Å². The summed E-state index contributed by atoms with van der Waals surface area (Å²) >= 11 is 0.0602. The number of hydrogen-bond donors (Lipinski definition) is 1. The first-order valence-corrected chi connectivity index (χ1v) is 1.94. The summed E-state index contributed by atoms with van der Waals surface area (Å²) in [5, 5.41) is 9.96. The molecule has 0 aliphatic rings. The Kier molecular flexibility index (Phi) is 2.40. The van der Waals surface area contributed by atoms with Gasteiger partial charge in [-0.05, 0) is 0 Å². The smallest absolute Gasteiger partial charge is 0.133 e. The highest BCUT2D eigenvalue weighted by molar-refractivity contribution is 7.65. The van der Waals surface area contributed by atoms with Gasteiger partial charge in [0.2, 0.25) is 0 Å². The molecule has 0 rings (SSSR count). The van der Waals surface area contributed by atoms with Crippen LogP contribution in [0.15, 0.2) is 12.3 Å². The maximum absolute atomic E-state index is 9.32. The van der Waals surface area contributed by atoms with Crippen LogP contribution in [0.5, 0.6) is 0 Å². The van der Waals surface area contributed by atoms with Gasteiger partial charge in [0.1, 0.15) is 22.4 Å². The molecule has 0 aromatic rings. The lowest BCUT2D eigenvalue weighted by atomic mass is 10.7. The van der Waals surface area contributed by atoms with Gasteiger partial charge in [-0.15, -0.1) is 0 Å². The second-order valence-electron chi connectivity index (χ2n) is 0.632. The van der Waals surface area contributed by atoms with E-state index >= 15 is 0 Å². The summed E-state index contributed by atoms with van der Waals surface area (Å²) in [6.07, 6.45) is 0. The molecule has 1 N–H and O–H groups in total. The van der Waals surface area contributed by atoms with Crippen LogP contribution in [0.4, 0.5) is 0 Å². The predicted octanol–water partition coefficient (Wildman–Crippen LogP) is -0.0497. The monoisotopic (exact) mass is 103 g/mol. The minimum Gasteiger partial charge on any atom is -0.507 e. The van der Waals surface area contributed by atoms with Crippen molar-refractivity contribution in [2.75, 3.05) is 0 Å². The lowest BCUT2D eigenvalue weighted by molar-refractivity contribution is 0.450. The highest BCUT2D eigenvalue weighted by Crippen LogP contribution is 1.65. The topological polar surface area (TPSA) is 37.3 Å². The molecular formula is C3H3O2S. The van der Waals surface area contributed by atoms with Crippen LogP contribution in [0.1, 0.15) is 0 Å². The van der Waals surface area contributed by atoms with E-state index in [1.807, 2.05) is 5.37 Å². The molecule has 0 aliphatic carbocycles. The fraction of sp³-hybridized carbons (Fsp3) is 0. The molecule has 33 valence electrons. The molecule has 0 aromatic carbocycles. The molecule has 0 atom stereocenters. The van der Waals surface area contributed by atoms with E-state index < -0.39 is 0 Å². The van der Waals surface area contributed by atoms with Crippen molar-refractivity contribution < 1.29 is 9.32 Å². The molecule has 0 aromatic heterocycles. The zero-order chi connectivity index (χ0) is 4.99. The second-order valence-corrected chi connectivity index (χ2v) is 1.00. The van der Waals surface area contributed by atoms with E-state index in [2.05, 4.69) is 6.58 Å². The molecule has 0 saturated heterocycles. The second kappa shape index (κ2) is 2.66. The average Bonchev–Trinajstić information content (AvgIpc) is 1.35. The number of aliphatic hydroxyl groups excluding tert-OH is 1. The summed E-state index contributed by atoms with van der Waals surface area (Å²) in [4.78, 5) is 0. The van der Waals surface area contributed by atoms with Crippen molar-refractivity contribution in [1.29, 1.82) is 0 Å². The molecule has 1 radical (unpaired) electrons. The zero-order valence-electron chi connectivity index (χ0n) is 2.97. The number of hydrogen-bond acceptors (Lipinski definition) is 2. The first-order chi connectivity index (χ1) is 2.77. The Hall–Kier alpha value is -0.570. The van der Waals surface area contributed by atoms with Crippen LogP contribution in [-0.4, -0.2) is 14.7 Å². The van der Waals surface area contributed by atoms with Gasteiger partial charge in [-0.3, -0.25) is 0 Å². The van der Waals surface area contributed by atoms with Gasteiger partial charge in [-0.25, -0.2) is 4.21 Å². The van der Waals surface area contributed by atoms with Crippen LogP contribution in [0.25, 0.3) is 0 Å². The first kappa shape index (κ1) is 5.43. The van der Waals surface area contributed by atoms with Crippen molar-refractivity contribution in [3.8, 4) is 0 Å². The van der Waals surface area contributed by atoms with Crippen molar-refractivity contribution >= 4 is 16.6 Å². The molecule has 0 saturated carbocycles. The quantitative estimate of drug-likeness (QED) is 0.287. The van der Waals surface area contributed by atoms with Crippen molar-refractivity contribution in [3.63, 3.8) is 0 Å². The average molecular weight is 103 g/mol. The van der Waals surface area contributed by atoms with Gasteiger partial charge in [0.15, 0.2) is 0 Å². The minimum atomic E-state index is -0.310. The summed E-state index contributed by atoms with van der Waals surface area (Å²) in [5.74, 6) is -0.310. The van der Waals surface area contributed by atoms with E-state index in [0.717, 1.165) is 0 Å². The normalized spacial score (nSPS) is 6.67. The highest BCUT2D eigenvalue weighted by Gasteiger charge is 1.70. The van der Waals surface area contributed by atoms with E-state index in [1.165, 1.54) is 0 Å². The third kappa shape index (κ3) is 3.43. The lowest BCUT2D eigenvalue weighted by Gasteiger charge is -1.69. The third-order valence-corrected chi connectivity index (χ3v) is 0.478. The van der Waals surface area contributed by atoms with Crippen LogP contribution < -0.4 is 0 Å². The molecule has 2 nitrogen and oxygen atoms in total. The summed E-state index contributed by atoms with van der Waals surface area (Å²) in [6.45, 7) is 2.97. The Balaban J connectivity index is 3.60. The minimum absolute atomic E-state index is 0.0602. The predicted molar refractivity (Wildman–Crippen MR) is 24.9 cm³/mol. The van der Waals surface area contributed by atoms with Crippen LogP contribution in [-0.2, 0) is 11.3 Å². The van der Waals surface area contributed by atoms with E-state index in [-0.39, 0.29) is 17.0 Å². The summed E-state index contributed by atoms with van der Waals surface area (Å²) in [6, 6.07) is 0. The highest BCUT2D eigenvalue weighted by atomic mass is 32.1. The Morgan fingerprint density at radius 2 is 2.50 bits per heavy atom. The Labute approximate surface area is 39.2 Å². The molecule has 6 heavy (non-hydrogen) atoms. The molecule has 0 amide bonds. The fourth-order valence-corrected chi connectivity index (χ4v) is 0.144. The molecule has 0 unspecified atom stereocenters. The number of rotatable bonds is 1. The molecule has 0 aliphatic heterocycles. The van der Waals surface area contributed by atoms with Gasteiger partial charge in [0.05, 0.1) is 0 Å². The number of aliphatic hydroxyl groups is 1. The number of allylic oxidation sites excluding steroid dienone is 1. The lowest BCUT2D eigenvalue weighted by Crippen LogP contribution is -1.73. The van der Waals surface area contributed by atoms with Crippen molar-refractivity contribution in [2.45, 2.75) is 0 Å². The van der Waals surface area contributed by atoms with Gasteiger partial charge in [0.25, 0.3) is 0 Å². The van der Waals surface area contributed by atoms with Crippen LogP contribution in [0, 0.1) is 0 Å². The summed E-state index contributed by atoms with van der Waals surface area (Å²) < 4.78 is 9.32. The van der Waals surface area contributed by atoms with Gasteiger partial charge >= 0.3 is 0 Å². The Morgan fingerprint density at radius 3 is 2.50 bits per heavy atom. The van der Waals surface area contributed by atoms with E-state index in [0.29, 0.717) is 0 Å².